The van der Waals surface area contributed by atoms with Crippen LogP contribution in [-0.2, 0) is 0 Å². The van der Waals surface area contributed by atoms with Crippen molar-refractivity contribution < 1.29 is 4.74 Å². The van der Waals surface area contributed by atoms with Crippen LogP contribution in [0.25, 0.3) is 0 Å². The molecule has 0 unspecified atom stereocenters. The minimum atomic E-state index is 0.353. The van der Waals surface area contributed by atoms with E-state index >= 15 is 0 Å². The molecule has 0 aliphatic heterocycles. The van der Waals surface area contributed by atoms with Crippen molar-refractivity contribution >= 4 is 17.3 Å². The first kappa shape index (κ1) is 8.63. The van der Waals surface area contributed by atoms with Crippen LogP contribution in [0.15, 0.2) is 12.4 Å². The molecule has 0 amide bonds. The molecule has 0 saturated heterocycles. The third kappa shape index (κ3) is 1.86. The third-order valence-corrected chi connectivity index (χ3v) is 2.33. The van der Waals surface area contributed by atoms with Gasteiger partial charge in [0.25, 0.3) is 0 Å². The van der Waals surface area contributed by atoms with Gasteiger partial charge in [0.1, 0.15) is 5.02 Å². The summed E-state index contributed by atoms with van der Waals surface area (Å²) >= 11 is 6.05. The van der Waals surface area contributed by atoms with E-state index in [4.69, 9.17) is 16.3 Å². The van der Waals surface area contributed by atoms with Crippen LogP contribution >= 0.6 is 11.6 Å². The van der Waals surface area contributed by atoms with Gasteiger partial charge in [-0.05, 0) is 12.8 Å². The first-order valence-electron chi connectivity index (χ1n) is 4.29. The van der Waals surface area contributed by atoms with E-state index in [1.165, 1.54) is 0 Å². The summed E-state index contributed by atoms with van der Waals surface area (Å²) in [7, 11) is 1.81. The molecule has 1 aromatic heterocycles. The summed E-state index contributed by atoms with van der Waals surface area (Å²) in [6.45, 7) is 0. The molecular formula is C9H11ClN2O. The molecule has 4 heteroatoms. The second-order valence-electron chi connectivity index (χ2n) is 3.07. The Balaban J connectivity index is 2.22. The standard InChI is InChI=1S/C9H11ClN2O/c1-11-7-4-12-5-8(9(7)10)13-6-2-3-6/h4-6,11H,2-3H2,1H3. The summed E-state index contributed by atoms with van der Waals surface area (Å²) in [5.74, 6) is 0.677. The highest BCUT2D eigenvalue weighted by atomic mass is 35.5. The zero-order valence-electron chi connectivity index (χ0n) is 7.38. The van der Waals surface area contributed by atoms with Crippen LogP contribution in [0.3, 0.4) is 0 Å². The predicted molar refractivity (Wildman–Crippen MR) is 52.4 cm³/mol. The lowest BCUT2D eigenvalue weighted by Crippen LogP contribution is -1.99. The van der Waals surface area contributed by atoms with Crippen LogP contribution in [0.1, 0.15) is 12.8 Å². The smallest absolute Gasteiger partial charge is 0.158 e. The van der Waals surface area contributed by atoms with Crippen molar-refractivity contribution in [2.75, 3.05) is 12.4 Å². The topological polar surface area (TPSA) is 34.2 Å². The monoisotopic (exact) mass is 198 g/mol. The first-order valence-corrected chi connectivity index (χ1v) is 4.67. The molecule has 0 spiro atoms. The van der Waals surface area contributed by atoms with Gasteiger partial charge in [0.05, 0.1) is 24.2 Å². The Labute approximate surface area is 82.1 Å². The second-order valence-corrected chi connectivity index (χ2v) is 3.44. The molecule has 1 aliphatic rings. The highest BCUT2D eigenvalue weighted by molar-refractivity contribution is 6.34. The molecule has 1 aliphatic carbocycles. The quantitative estimate of drug-likeness (QED) is 0.810. The van der Waals surface area contributed by atoms with Crippen LogP contribution in [0.4, 0.5) is 5.69 Å². The molecular weight excluding hydrogens is 188 g/mol. The summed E-state index contributed by atoms with van der Waals surface area (Å²) < 4.78 is 5.56. The maximum Gasteiger partial charge on any atom is 0.158 e. The van der Waals surface area contributed by atoms with Crippen molar-refractivity contribution in [2.24, 2.45) is 0 Å². The zero-order valence-corrected chi connectivity index (χ0v) is 8.14. The molecule has 1 fully saturated rings. The Hall–Kier alpha value is -0.960. The van der Waals surface area contributed by atoms with Gasteiger partial charge >= 0.3 is 0 Å². The van der Waals surface area contributed by atoms with E-state index in [-0.39, 0.29) is 0 Å². The molecule has 1 saturated carbocycles. The van der Waals surface area contributed by atoms with Crippen molar-refractivity contribution in [3.05, 3.63) is 17.4 Å². The Morgan fingerprint density at radius 2 is 2.31 bits per heavy atom. The average molecular weight is 199 g/mol. The Morgan fingerprint density at radius 1 is 1.54 bits per heavy atom. The fourth-order valence-corrected chi connectivity index (χ4v) is 1.28. The fraction of sp³-hybridized carbons (Fsp3) is 0.444. The van der Waals surface area contributed by atoms with Gasteiger partial charge in [-0.25, -0.2) is 0 Å². The number of aromatic nitrogens is 1. The van der Waals surface area contributed by atoms with E-state index in [2.05, 4.69) is 10.3 Å². The number of pyridine rings is 1. The number of nitrogens with one attached hydrogen (secondary N) is 1. The summed E-state index contributed by atoms with van der Waals surface area (Å²) in [4.78, 5) is 4.03. The van der Waals surface area contributed by atoms with E-state index in [1.807, 2.05) is 7.05 Å². The molecule has 0 atom stereocenters. The van der Waals surface area contributed by atoms with E-state index in [9.17, 15) is 0 Å². The number of ether oxygens (including phenoxy) is 1. The second kappa shape index (κ2) is 3.42. The largest absolute Gasteiger partial charge is 0.487 e. The molecule has 0 bridgehead atoms. The summed E-state index contributed by atoms with van der Waals surface area (Å²) in [6, 6.07) is 0. The maximum absolute atomic E-state index is 6.05. The van der Waals surface area contributed by atoms with Crippen LogP contribution in [0, 0.1) is 0 Å². The van der Waals surface area contributed by atoms with E-state index in [0.717, 1.165) is 18.5 Å². The zero-order chi connectivity index (χ0) is 9.26. The normalized spacial score (nSPS) is 15.5. The fourth-order valence-electron chi connectivity index (χ4n) is 1.05. The number of nitrogens with zero attached hydrogens (tertiary/aromatic N) is 1. The van der Waals surface area contributed by atoms with Crippen LogP contribution < -0.4 is 10.1 Å². The van der Waals surface area contributed by atoms with Gasteiger partial charge in [0.2, 0.25) is 0 Å². The molecule has 1 heterocycles. The lowest BCUT2D eigenvalue weighted by Gasteiger charge is -2.08. The number of rotatable bonds is 3. The Kier molecular flexibility index (Phi) is 2.27. The molecule has 0 aromatic carbocycles. The van der Waals surface area contributed by atoms with Crippen LogP contribution in [-0.4, -0.2) is 18.1 Å². The lowest BCUT2D eigenvalue weighted by atomic mass is 10.4. The van der Waals surface area contributed by atoms with Crippen LogP contribution in [0.2, 0.25) is 5.02 Å². The molecule has 1 N–H and O–H groups in total. The minimum absolute atomic E-state index is 0.353. The SMILES string of the molecule is CNc1cncc(OC2CC2)c1Cl. The summed E-state index contributed by atoms with van der Waals surface area (Å²) in [5.41, 5.74) is 0.805. The first-order chi connectivity index (χ1) is 6.31. The van der Waals surface area contributed by atoms with E-state index in [1.54, 1.807) is 12.4 Å². The summed E-state index contributed by atoms with van der Waals surface area (Å²) in [5, 5.41) is 3.57. The average Bonchev–Trinajstić information content (AvgIpc) is 2.92. The lowest BCUT2D eigenvalue weighted by molar-refractivity contribution is 0.302. The number of anilines is 1. The van der Waals surface area contributed by atoms with Crippen molar-refractivity contribution in [2.45, 2.75) is 18.9 Å². The molecule has 1 aromatic rings. The Morgan fingerprint density at radius 3 is 2.92 bits per heavy atom. The van der Waals surface area contributed by atoms with Crippen molar-refractivity contribution in [3.8, 4) is 5.75 Å². The third-order valence-electron chi connectivity index (χ3n) is 1.94. The van der Waals surface area contributed by atoms with Gasteiger partial charge in [0, 0.05) is 7.05 Å². The molecule has 0 radical (unpaired) electrons. The number of halogens is 1. The van der Waals surface area contributed by atoms with Crippen molar-refractivity contribution in [1.29, 1.82) is 0 Å². The molecule has 70 valence electrons. The van der Waals surface area contributed by atoms with Gasteiger partial charge in [-0.1, -0.05) is 11.6 Å². The van der Waals surface area contributed by atoms with E-state index < -0.39 is 0 Å². The summed E-state index contributed by atoms with van der Waals surface area (Å²) in [6.07, 6.45) is 5.94. The molecule has 13 heavy (non-hydrogen) atoms. The van der Waals surface area contributed by atoms with Gasteiger partial charge in [-0.2, -0.15) is 0 Å². The minimum Gasteiger partial charge on any atom is -0.487 e. The molecule has 2 rings (SSSR count). The van der Waals surface area contributed by atoms with Crippen molar-refractivity contribution in [1.82, 2.24) is 4.98 Å². The predicted octanol–water partition coefficient (Wildman–Crippen LogP) is 2.32. The Bertz CT molecular complexity index is 312. The van der Waals surface area contributed by atoms with Gasteiger partial charge in [-0.15, -0.1) is 0 Å². The van der Waals surface area contributed by atoms with Crippen molar-refractivity contribution in [3.63, 3.8) is 0 Å². The molecule has 3 nitrogen and oxygen atoms in total. The highest BCUT2D eigenvalue weighted by Gasteiger charge is 2.24. The van der Waals surface area contributed by atoms with Gasteiger partial charge in [-0.3, -0.25) is 4.98 Å². The van der Waals surface area contributed by atoms with Crippen LogP contribution in [0.5, 0.6) is 5.75 Å². The maximum atomic E-state index is 6.05. The van der Waals surface area contributed by atoms with Gasteiger partial charge in [0.15, 0.2) is 5.75 Å². The number of hydrogen-bond acceptors (Lipinski definition) is 3. The number of hydrogen-bond donors (Lipinski definition) is 1. The van der Waals surface area contributed by atoms with Gasteiger partial charge < -0.3 is 10.1 Å². The highest BCUT2D eigenvalue weighted by Crippen LogP contribution is 2.34. The van der Waals surface area contributed by atoms with E-state index in [0.29, 0.717) is 16.9 Å².